The van der Waals surface area contributed by atoms with Crippen molar-refractivity contribution in [3.05, 3.63) is 82.6 Å². The van der Waals surface area contributed by atoms with Crippen molar-refractivity contribution >= 4 is 23.6 Å². The standard InChI is InChI=1S/C26H26ClN3O3/c1-16-14-29(15-28-16)23-9-4-18(12-24(23)32-3)13-25-26(31)30-21(17(2)33-25)10-11-22(30)19-5-7-20(27)8-6-19/h4-9,12-15,17,21-22H,10-11H2,1-3H3/t17-,21-,22+/m1/s1. The van der Waals surface area contributed by atoms with Gasteiger partial charge in [-0.2, -0.15) is 0 Å². The van der Waals surface area contributed by atoms with E-state index in [1.54, 1.807) is 19.5 Å². The number of fused-ring (bicyclic) bond motifs is 1. The Labute approximate surface area is 198 Å². The number of rotatable bonds is 4. The molecule has 170 valence electrons. The van der Waals surface area contributed by atoms with E-state index in [1.807, 2.05) is 72.0 Å². The summed E-state index contributed by atoms with van der Waals surface area (Å²) < 4.78 is 13.6. The van der Waals surface area contributed by atoms with E-state index in [0.29, 0.717) is 16.5 Å². The molecule has 0 N–H and O–H groups in total. The Morgan fingerprint density at radius 2 is 1.97 bits per heavy atom. The smallest absolute Gasteiger partial charge is 0.289 e. The van der Waals surface area contributed by atoms with Crippen molar-refractivity contribution in [2.24, 2.45) is 0 Å². The Kier molecular flexibility index (Phi) is 5.62. The van der Waals surface area contributed by atoms with E-state index in [2.05, 4.69) is 4.98 Å². The van der Waals surface area contributed by atoms with Crippen LogP contribution in [0.15, 0.2) is 60.7 Å². The molecule has 6 nitrogen and oxygen atoms in total. The molecule has 2 aliphatic heterocycles. The van der Waals surface area contributed by atoms with Gasteiger partial charge in [-0.1, -0.05) is 29.8 Å². The molecule has 0 saturated carbocycles. The zero-order chi connectivity index (χ0) is 23.1. The average molecular weight is 464 g/mol. The number of nitrogens with zero attached hydrogens (tertiary/aromatic N) is 3. The van der Waals surface area contributed by atoms with E-state index in [0.717, 1.165) is 35.3 Å². The number of methoxy groups -OCH3 is 1. The number of amides is 1. The highest BCUT2D eigenvalue weighted by molar-refractivity contribution is 6.30. The Hall–Kier alpha value is -3.25. The van der Waals surface area contributed by atoms with Crippen LogP contribution in [0.4, 0.5) is 0 Å². The number of morpholine rings is 1. The molecule has 3 heterocycles. The highest BCUT2D eigenvalue weighted by Crippen LogP contribution is 2.42. The Balaban J connectivity index is 1.46. The number of aromatic nitrogens is 2. The largest absolute Gasteiger partial charge is 0.495 e. The van der Waals surface area contributed by atoms with Gasteiger partial charge in [0.1, 0.15) is 11.9 Å². The van der Waals surface area contributed by atoms with Gasteiger partial charge < -0.3 is 18.9 Å². The number of ether oxygens (including phenoxy) is 2. The Morgan fingerprint density at radius 1 is 1.18 bits per heavy atom. The fourth-order valence-corrected chi connectivity index (χ4v) is 4.98. The lowest BCUT2D eigenvalue weighted by atomic mass is 10.0. The molecule has 2 fully saturated rings. The molecule has 2 aromatic carbocycles. The molecule has 0 aliphatic carbocycles. The molecule has 0 spiro atoms. The molecule has 1 aromatic heterocycles. The highest BCUT2D eigenvalue weighted by atomic mass is 35.5. The second-order valence-electron chi connectivity index (χ2n) is 8.61. The van der Waals surface area contributed by atoms with Crippen molar-refractivity contribution in [2.45, 2.75) is 44.9 Å². The molecule has 0 unspecified atom stereocenters. The summed E-state index contributed by atoms with van der Waals surface area (Å²) in [6.45, 7) is 3.98. The van der Waals surface area contributed by atoms with Gasteiger partial charge in [0.2, 0.25) is 0 Å². The van der Waals surface area contributed by atoms with Crippen LogP contribution in [0.25, 0.3) is 11.8 Å². The Bertz CT molecular complexity index is 1220. The third-order valence-corrected chi connectivity index (χ3v) is 6.73. The minimum Gasteiger partial charge on any atom is -0.495 e. The second-order valence-corrected chi connectivity index (χ2v) is 9.05. The summed E-state index contributed by atoms with van der Waals surface area (Å²) in [6, 6.07) is 13.7. The first-order chi connectivity index (χ1) is 15.9. The summed E-state index contributed by atoms with van der Waals surface area (Å²) in [4.78, 5) is 19.8. The molecule has 7 heteroatoms. The van der Waals surface area contributed by atoms with Crippen molar-refractivity contribution < 1.29 is 14.3 Å². The highest BCUT2D eigenvalue weighted by Gasteiger charge is 2.46. The molecular formula is C26H26ClN3O3. The van der Waals surface area contributed by atoms with Crippen LogP contribution in [0.1, 0.15) is 42.6 Å². The number of hydrogen-bond acceptors (Lipinski definition) is 4. The van der Waals surface area contributed by atoms with Crippen molar-refractivity contribution in [3.8, 4) is 11.4 Å². The quantitative estimate of drug-likeness (QED) is 0.490. The van der Waals surface area contributed by atoms with Crippen molar-refractivity contribution in [1.82, 2.24) is 14.5 Å². The fourth-order valence-electron chi connectivity index (χ4n) is 4.86. The van der Waals surface area contributed by atoms with Crippen LogP contribution < -0.4 is 4.74 Å². The van der Waals surface area contributed by atoms with Gasteiger partial charge in [-0.05, 0) is 68.2 Å². The minimum atomic E-state index is -0.0821. The third-order valence-electron chi connectivity index (χ3n) is 6.48. The second kappa shape index (κ2) is 8.60. The van der Waals surface area contributed by atoms with Gasteiger partial charge in [-0.3, -0.25) is 4.79 Å². The topological polar surface area (TPSA) is 56.6 Å². The van der Waals surface area contributed by atoms with Gasteiger partial charge in [0.25, 0.3) is 5.91 Å². The average Bonchev–Trinajstić information content (AvgIpc) is 3.45. The normalized spacial score (nSPS) is 23.5. The molecule has 2 aliphatic rings. The number of carbonyl (C=O) groups excluding carboxylic acids is 1. The summed E-state index contributed by atoms with van der Waals surface area (Å²) >= 11 is 6.07. The third kappa shape index (κ3) is 4.00. The minimum absolute atomic E-state index is 0.0240. The van der Waals surface area contributed by atoms with Crippen molar-refractivity contribution in [2.75, 3.05) is 7.11 Å². The van der Waals surface area contributed by atoms with Crippen molar-refractivity contribution in [1.29, 1.82) is 0 Å². The first kappa shape index (κ1) is 21.6. The molecule has 2 saturated heterocycles. The van der Waals surface area contributed by atoms with Crippen LogP contribution in [-0.2, 0) is 9.53 Å². The van der Waals surface area contributed by atoms with Crippen LogP contribution in [0.2, 0.25) is 5.02 Å². The predicted octanol–water partition coefficient (Wildman–Crippen LogP) is 5.33. The lowest BCUT2D eigenvalue weighted by Crippen LogP contribution is -2.49. The van der Waals surface area contributed by atoms with Gasteiger partial charge in [0.15, 0.2) is 5.76 Å². The van der Waals surface area contributed by atoms with Gasteiger partial charge in [0, 0.05) is 11.2 Å². The predicted molar refractivity (Wildman–Crippen MR) is 127 cm³/mol. The zero-order valence-electron chi connectivity index (χ0n) is 18.9. The van der Waals surface area contributed by atoms with E-state index < -0.39 is 0 Å². The number of carbonyl (C=O) groups is 1. The first-order valence-corrected chi connectivity index (χ1v) is 11.5. The molecule has 0 radical (unpaired) electrons. The van der Waals surface area contributed by atoms with Gasteiger partial charge in [-0.25, -0.2) is 4.98 Å². The van der Waals surface area contributed by atoms with Crippen LogP contribution in [0.5, 0.6) is 5.75 Å². The van der Waals surface area contributed by atoms with Gasteiger partial charge >= 0.3 is 0 Å². The Morgan fingerprint density at radius 3 is 2.67 bits per heavy atom. The van der Waals surface area contributed by atoms with Crippen LogP contribution in [-0.4, -0.2) is 39.6 Å². The summed E-state index contributed by atoms with van der Waals surface area (Å²) in [5, 5.41) is 0.693. The molecule has 33 heavy (non-hydrogen) atoms. The summed E-state index contributed by atoms with van der Waals surface area (Å²) in [7, 11) is 1.63. The fraction of sp³-hybridized carbons (Fsp3) is 0.308. The number of imidazole rings is 1. The SMILES string of the molecule is COc1cc(C=C2O[C@H](C)[C@H]3CC[C@@H](c4ccc(Cl)cc4)N3C2=O)ccc1-n1cnc(C)c1. The lowest BCUT2D eigenvalue weighted by molar-refractivity contribution is -0.144. The van der Waals surface area contributed by atoms with E-state index in [-0.39, 0.29) is 24.1 Å². The summed E-state index contributed by atoms with van der Waals surface area (Å²) in [5.41, 5.74) is 3.75. The number of hydrogen-bond donors (Lipinski definition) is 0. The number of benzene rings is 2. The van der Waals surface area contributed by atoms with Crippen LogP contribution >= 0.6 is 11.6 Å². The monoisotopic (exact) mass is 463 g/mol. The molecule has 3 aromatic rings. The number of halogens is 1. The van der Waals surface area contributed by atoms with Crippen molar-refractivity contribution in [3.63, 3.8) is 0 Å². The molecular weight excluding hydrogens is 438 g/mol. The lowest BCUT2D eigenvalue weighted by Gasteiger charge is -2.39. The van der Waals surface area contributed by atoms with E-state index >= 15 is 0 Å². The summed E-state index contributed by atoms with van der Waals surface area (Å²) in [5.74, 6) is 0.966. The first-order valence-electron chi connectivity index (χ1n) is 11.1. The van der Waals surface area contributed by atoms with Crippen LogP contribution in [0.3, 0.4) is 0 Å². The molecule has 0 bridgehead atoms. The zero-order valence-corrected chi connectivity index (χ0v) is 19.6. The molecule has 1 amide bonds. The van der Waals surface area contributed by atoms with Gasteiger partial charge in [0.05, 0.1) is 36.9 Å². The maximum Gasteiger partial charge on any atom is 0.289 e. The summed E-state index contributed by atoms with van der Waals surface area (Å²) in [6.07, 6.45) is 7.24. The van der Waals surface area contributed by atoms with Gasteiger partial charge in [-0.15, -0.1) is 0 Å². The van der Waals surface area contributed by atoms with E-state index in [1.165, 1.54) is 0 Å². The maximum absolute atomic E-state index is 13.5. The van der Waals surface area contributed by atoms with E-state index in [4.69, 9.17) is 21.1 Å². The number of aryl methyl sites for hydroxylation is 1. The van der Waals surface area contributed by atoms with E-state index in [9.17, 15) is 4.79 Å². The van der Waals surface area contributed by atoms with Crippen LogP contribution in [0, 0.1) is 6.92 Å². The molecule has 5 rings (SSSR count). The maximum atomic E-state index is 13.5. The molecule has 3 atom stereocenters.